The van der Waals surface area contributed by atoms with Crippen LogP contribution in [0.1, 0.15) is 0 Å². The van der Waals surface area contributed by atoms with Gasteiger partial charge in [-0.25, -0.2) is 9.97 Å². The Hall–Kier alpha value is -4.04. The number of pyridine rings is 2. The number of para-hydroxylation sites is 2. The largest absolute Gasteiger partial charge is 0.248 e. The molecule has 2 heterocycles. The van der Waals surface area contributed by atoms with Gasteiger partial charge in [-0.2, -0.15) is 0 Å². The van der Waals surface area contributed by atoms with Crippen molar-refractivity contribution in [2.75, 3.05) is 0 Å². The summed E-state index contributed by atoms with van der Waals surface area (Å²) in [7, 11) is 0. The third-order valence-electron chi connectivity index (χ3n) is 5.65. The van der Waals surface area contributed by atoms with Crippen LogP contribution in [0.2, 0.25) is 0 Å². The summed E-state index contributed by atoms with van der Waals surface area (Å²) in [6.07, 6.45) is 0. The molecule has 140 valence electrons. The molecule has 30 heavy (non-hydrogen) atoms. The predicted octanol–water partition coefficient (Wildman–Crippen LogP) is 7.27. The molecule has 0 aliphatic rings. The Labute approximate surface area is 174 Å². The van der Waals surface area contributed by atoms with Gasteiger partial charge in [0.1, 0.15) is 0 Å². The van der Waals surface area contributed by atoms with Crippen LogP contribution in [0.3, 0.4) is 0 Å². The number of rotatable bonds is 2. The number of aromatic nitrogens is 2. The fourth-order valence-corrected chi connectivity index (χ4v) is 4.10. The first kappa shape index (κ1) is 16.9. The zero-order valence-electron chi connectivity index (χ0n) is 16.3. The summed E-state index contributed by atoms with van der Waals surface area (Å²) >= 11 is 0. The highest BCUT2D eigenvalue weighted by molar-refractivity contribution is 5.99. The van der Waals surface area contributed by atoms with Crippen molar-refractivity contribution in [1.82, 2.24) is 9.97 Å². The first-order chi connectivity index (χ1) is 14.8. The Morgan fingerprint density at radius 3 is 1.80 bits per heavy atom. The van der Waals surface area contributed by atoms with E-state index in [1.165, 1.54) is 10.8 Å². The molecule has 2 nitrogen and oxygen atoms in total. The number of hydrogen-bond donors (Lipinski definition) is 0. The first-order valence-electron chi connectivity index (χ1n) is 10.1. The molecule has 6 rings (SSSR count). The van der Waals surface area contributed by atoms with Crippen LogP contribution in [0.5, 0.6) is 0 Å². The van der Waals surface area contributed by atoms with E-state index in [2.05, 4.69) is 84.9 Å². The molecule has 0 spiro atoms. The molecule has 0 aliphatic heterocycles. The number of fused-ring (bicyclic) bond motifs is 3. The lowest BCUT2D eigenvalue weighted by atomic mass is 9.98. The Morgan fingerprint density at radius 2 is 1.03 bits per heavy atom. The Bertz CT molecular complexity index is 1550. The second-order valence-corrected chi connectivity index (χ2v) is 7.52. The van der Waals surface area contributed by atoms with Crippen LogP contribution in [0, 0.1) is 0 Å². The molecule has 0 saturated carbocycles. The fraction of sp³-hybridized carbons (Fsp3) is 0. The maximum Gasteiger partial charge on any atom is 0.0715 e. The molecule has 0 bridgehead atoms. The average molecular weight is 382 g/mol. The van der Waals surface area contributed by atoms with Crippen molar-refractivity contribution < 1.29 is 0 Å². The molecule has 0 N–H and O–H groups in total. The van der Waals surface area contributed by atoms with Gasteiger partial charge in [0, 0.05) is 21.9 Å². The molecule has 0 unspecified atom stereocenters. The van der Waals surface area contributed by atoms with E-state index in [1.54, 1.807) is 0 Å². The van der Waals surface area contributed by atoms with Crippen molar-refractivity contribution in [3.63, 3.8) is 0 Å². The van der Waals surface area contributed by atoms with Gasteiger partial charge in [-0.3, -0.25) is 0 Å². The molecule has 0 fully saturated rings. The predicted molar refractivity (Wildman–Crippen MR) is 125 cm³/mol. The minimum absolute atomic E-state index is 0.983. The zero-order valence-corrected chi connectivity index (χ0v) is 16.3. The summed E-state index contributed by atoms with van der Waals surface area (Å²) in [5.41, 5.74) is 6.25. The van der Waals surface area contributed by atoms with Gasteiger partial charge < -0.3 is 0 Å². The van der Waals surface area contributed by atoms with Gasteiger partial charge >= 0.3 is 0 Å². The van der Waals surface area contributed by atoms with Crippen LogP contribution >= 0.6 is 0 Å². The summed E-state index contributed by atoms with van der Waals surface area (Å²) in [6, 6.07) is 37.9. The molecule has 0 atom stereocenters. The van der Waals surface area contributed by atoms with Crippen molar-refractivity contribution >= 4 is 32.6 Å². The van der Waals surface area contributed by atoms with Crippen molar-refractivity contribution in [1.29, 1.82) is 0 Å². The van der Waals surface area contributed by atoms with Crippen molar-refractivity contribution in [3.8, 4) is 22.5 Å². The summed E-state index contributed by atoms with van der Waals surface area (Å²) in [5, 5.41) is 4.70. The highest BCUT2D eigenvalue weighted by Crippen LogP contribution is 2.32. The quantitative estimate of drug-likeness (QED) is 0.315. The van der Waals surface area contributed by atoms with E-state index in [0.717, 1.165) is 44.3 Å². The maximum atomic E-state index is 4.92. The average Bonchev–Trinajstić information content (AvgIpc) is 2.82. The Balaban J connectivity index is 1.54. The van der Waals surface area contributed by atoms with E-state index in [9.17, 15) is 0 Å². The number of benzene rings is 4. The zero-order chi connectivity index (χ0) is 19.9. The lowest BCUT2D eigenvalue weighted by molar-refractivity contribution is 1.40. The van der Waals surface area contributed by atoms with Crippen LogP contribution in [0.25, 0.3) is 55.1 Å². The van der Waals surface area contributed by atoms with E-state index in [1.807, 2.05) is 24.3 Å². The summed E-state index contributed by atoms with van der Waals surface area (Å²) in [4.78, 5) is 9.80. The molecule has 0 radical (unpaired) electrons. The molecule has 6 aromatic rings. The molecule has 0 saturated heterocycles. The minimum Gasteiger partial charge on any atom is -0.248 e. The van der Waals surface area contributed by atoms with E-state index < -0.39 is 0 Å². The van der Waals surface area contributed by atoms with Gasteiger partial charge in [-0.1, -0.05) is 78.9 Å². The second kappa shape index (κ2) is 6.78. The van der Waals surface area contributed by atoms with Crippen LogP contribution in [-0.4, -0.2) is 9.97 Å². The van der Waals surface area contributed by atoms with Crippen molar-refractivity contribution in [2.45, 2.75) is 0 Å². The van der Waals surface area contributed by atoms with E-state index >= 15 is 0 Å². The fourth-order valence-electron chi connectivity index (χ4n) is 4.10. The molecule has 2 heteroatoms. The lowest BCUT2D eigenvalue weighted by Crippen LogP contribution is -1.89. The van der Waals surface area contributed by atoms with Gasteiger partial charge in [-0.15, -0.1) is 0 Å². The van der Waals surface area contributed by atoms with Gasteiger partial charge in [0.05, 0.1) is 22.4 Å². The molecule has 4 aromatic carbocycles. The summed E-state index contributed by atoms with van der Waals surface area (Å²) in [6.45, 7) is 0. The molecular weight excluding hydrogens is 364 g/mol. The summed E-state index contributed by atoms with van der Waals surface area (Å²) < 4.78 is 0. The summed E-state index contributed by atoms with van der Waals surface area (Å²) in [5.74, 6) is 0. The highest BCUT2D eigenvalue weighted by atomic mass is 14.7. The normalized spacial score (nSPS) is 11.3. The molecular formula is C28H18N2. The topological polar surface area (TPSA) is 25.8 Å². The Morgan fingerprint density at radius 1 is 0.433 bits per heavy atom. The van der Waals surface area contributed by atoms with E-state index in [0.29, 0.717) is 0 Å². The molecule has 0 amide bonds. The Kier molecular flexibility index (Phi) is 3.82. The van der Waals surface area contributed by atoms with E-state index in [4.69, 9.17) is 9.97 Å². The van der Waals surface area contributed by atoms with Crippen LogP contribution in [0.15, 0.2) is 109 Å². The molecule has 2 aromatic heterocycles. The van der Waals surface area contributed by atoms with Crippen LogP contribution in [0.4, 0.5) is 0 Å². The first-order valence-corrected chi connectivity index (χ1v) is 10.1. The third kappa shape index (κ3) is 2.82. The SMILES string of the molecule is c1ccc2nc(-c3ccc4cccc(-c5ccc6ccccc6n5)c4c3)ccc2c1. The van der Waals surface area contributed by atoms with Crippen molar-refractivity contribution in [3.05, 3.63) is 109 Å². The van der Waals surface area contributed by atoms with Gasteiger partial charge in [-0.05, 0) is 41.1 Å². The van der Waals surface area contributed by atoms with Gasteiger partial charge in [0.25, 0.3) is 0 Å². The maximum absolute atomic E-state index is 4.92. The second-order valence-electron chi connectivity index (χ2n) is 7.52. The van der Waals surface area contributed by atoms with Gasteiger partial charge in [0.2, 0.25) is 0 Å². The van der Waals surface area contributed by atoms with Crippen LogP contribution < -0.4 is 0 Å². The molecule has 0 aliphatic carbocycles. The minimum atomic E-state index is 0.983. The smallest absolute Gasteiger partial charge is 0.0715 e. The van der Waals surface area contributed by atoms with Crippen molar-refractivity contribution in [2.24, 2.45) is 0 Å². The lowest BCUT2D eigenvalue weighted by Gasteiger charge is -2.10. The monoisotopic (exact) mass is 382 g/mol. The standard InChI is InChI=1S/C28H18N2/c1-3-10-25-20(6-1)14-16-27(29-25)22-13-12-19-8-5-9-23(24(19)18-22)28-17-15-21-7-2-4-11-26(21)30-28/h1-18H. The number of hydrogen-bond acceptors (Lipinski definition) is 2. The number of nitrogens with zero attached hydrogens (tertiary/aromatic N) is 2. The van der Waals surface area contributed by atoms with Gasteiger partial charge in [0.15, 0.2) is 0 Å². The van der Waals surface area contributed by atoms with Crippen LogP contribution in [-0.2, 0) is 0 Å². The third-order valence-corrected chi connectivity index (χ3v) is 5.65. The highest BCUT2D eigenvalue weighted by Gasteiger charge is 2.09. The van der Waals surface area contributed by atoms with E-state index in [-0.39, 0.29) is 0 Å².